The number of hydrogen-bond acceptors (Lipinski definition) is 4. The third-order valence-electron chi connectivity index (χ3n) is 3.03. The van der Waals surface area contributed by atoms with Gasteiger partial charge >= 0.3 is 0 Å². The first-order chi connectivity index (χ1) is 11.6. The van der Waals surface area contributed by atoms with Gasteiger partial charge in [0.2, 0.25) is 5.88 Å². The number of carbonyl (C=O) groups is 1. The molecule has 0 atom stereocenters. The van der Waals surface area contributed by atoms with Crippen LogP contribution in [-0.4, -0.2) is 15.9 Å². The topological polar surface area (TPSA) is 64.1 Å². The van der Waals surface area contributed by atoms with Crippen molar-refractivity contribution in [1.29, 1.82) is 0 Å². The fraction of sp³-hybridized carbons (Fsp3) is 0. The molecule has 1 amide bonds. The first-order valence-electron chi connectivity index (χ1n) is 6.92. The molecule has 1 aromatic heterocycles. The summed E-state index contributed by atoms with van der Waals surface area (Å²) in [6.45, 7) is 0. The average Bonchev–Trinajstić information content (AvgIpc) is 2.58. The fourth-order valence-corrected chi connectivity index (χ4v) is 2.33. The van der Waals surface area contributed by atoms with Crippen molar-refractivity contribution in [1.82, 2.24) is 9.97 Å². The van der Waals surface area contributed by atoms with Crippen LogP contribution in [0, 0.1) is 5.82 Å². The number of nitrogens with one attached hydrogen (secondary N) is 1. The number of amides is 1. The van der Waals surface area contributed by atoms with Gasteiger partial charge in [-0.25, -0.2) is 9.37 Å². The lowest BCUT2D eigenvalue weighted by Crippen LogP contribution is -2.13. The first-order valence-corrected chi connectivity index (χ1v) is 7.71. The molecule has 1 N–H and O–H groups in total. The summed E-state index contributed by atoms with van der Waals surface area (Å²) in [5.41, 5.74) is 0.422. The minimum absolute atomic E-state index is 0.0513. The number of aromatic nitrogens is 2. The van der Waals surface area contributed by atoms with E-state index in [1.54, 1.807) is 24.3 Å². The number of benzene rings is 2. The van der Waals surface area contributed by atoms with E-state index in [-0.39, 0.29) is 5.56 Å². The molecule has 1 heterocycles. The molecule has 0 spiro atoms. The highest BCUT2D eigenvalue weighted by atomic mass is 79.9. The summed E-state index contributed by atoms with van der Waals surface area (Å²) in [5.74, 6) is -0.338. The number of rotatable bonds is 4. The van der Waals surface area contributed by atoms with Crippen LogP contribution in [0.25, 0.3) is 0 Å². The Morgan fingerprint density at radius 1 is 1.17 bits per heavy atom. The van der Waals surface area contributed by atoms with Gasteiger partial charge in [-0.3, -0.25) is 9.78 Å². The molecule has 3 rings (SSSR count). The smallest absolute Gasteiger partial charge is 0.258 e. The highest BCUT2D eigenvalue weighted by Crippen LogP contribution is 2.23. The van der Waals surface area contributed by atoms with Gasteiger partial charge in [-0.15, -0.1) is 0 Å². The molecule has 7 heteroatoms. The molecule has 2 aromatic carbocycles. The minimum atomic E-state index is -0.595. The van der Waals surface area contributed by atoms with Gasteiger partial charge in [0.25, 0.3) is 5.91 Å². The molecule has 0 saturated carbocycles. The minimum Gasteiger partial charge on any atom is -0.437 e. The number of carbonyl (C=O) groups excluding carboxylic acids is 1. The lowest BCUT2D eigenvalue weighted by Gasteiger charge is -2.09. The van der Waals surface area contributed by atoms with Crippen LogP contribution in [0.3, 0.4) is 0 Å². The number of halogens is 2. The Kier molecular flexibility index (Phi) is 4.81. The number of hydrogen-bond donors (Lipinski definition) is 1. The predicted molar refractivity (Wildman–Crippen MR) is 90.6 cm³/mol. The molecule has 24 heavy (non-hydrogen) atoms. The molecule has 0 aliphatic heterocycles. The summed E-state index contributed by atoms with van der Waals surface area (Å²) in [4.78, 5) is 20.1. The molecule has 0 saturated heterocycles. The first kappa shape index (κ1) is 16.1. The lowest BCUT2D eigenvalue weighted by molar-refractivity contribution is 0.102. The Morgan fingerprint density at radius 2 is 2.04 bits per heavy atom. The molecule has 5 nitrogen and oxygen atoms in total. The number of nitrogens with zero attached hydrogens (tertiary/aromatic N) is 2. The SMILES string of the molecule is O=C(Nc1cccc(Oc2cnccn2)c1)c1cc(Br)ccc1F. The molecule has 0 aliphatic rings. The van der Waals surface area contributed by atoms with E-state index in [0.29, 0.717) is 21.8 Å². The highest BCUT2D eigenvalue weighted by Gasteiger charge is 2.13. The van der Waals surface area contributed by atoms with Crippen LogP contribution in [0.5, 0.6) is 11.6 Å². The van der Waals surface area contributed by atoms with Gasteiger partial charge in [0.05, 0.1) is 11.8 Å². The molecule has 0 bridgehead atoms. The quantitative estimate of drug-likeness (QED) is 0.719. The average molecular weight is 388 g/mol. The van der Waals surface area contributed by atoms with Gasteiger partial charge < -0.3 is 10.1 Å². The monoisotopic (exact) mass is 387 g/mol. The summed E-state index contributed by atoms with van der Waals surface area (Å²) in [6.07, 6.45) is 4.52. The van der Waals surface area contributed by atoms with Crippen LogP contribution in [0.15, 0.2) is 65.5 Å². The zero-order valence-corrected chi connectivity index (χ0v) is 13.8. The fourth-order valence-electron chi connectivity index (χ4n) is 1.97. The van der Waals surface area contributed by atoms with Crippen LogP contribution in [0.2, 0.25) is 0 Å². The maximum atomic E-state index is 13.8. The molecule has 0 unspecified atom stereocenters. The molecule has 0 fully saturated rings. The van der Waals surface area contributed by atoms with Crippen LogP contribution in [-0.2, 0) is 0 Å². The third-order valence-corrected chi connectivity index (χ3v) is 3.52. The van der Waals surface area contributed by atoms with Crippen molar-refractivity contribution in [2.24, 2.45) is 0 Å². The Bertz CT molecular complexity index is 875. The van der Waals surface area contributed by atoms with Crippen LogP contribution in [0.4, 0.5) is 10.1 Å². The standard InChI is InChI=1S/C17H11BrFN3O2/c18-11-4-5-15(19)14(8-11)17(23)22-12-2-1-3-13(9-12)24-16-10-20-6-7-21-16/h1-10H,(H,22,23). The van der Waals surface area contributed by atoms with Gasteiger partial charge in [0.15, 0.2) is 0 Å². The summed E-state index contributed by atoms with van der Waals surface area (Å²) in [5, 5.41) is 2.64. The van der Waals surface area contributed by atoms with Gasteiger partial charge in [-0.05, 0) is 30.3 Å². The normalized spacial score (nSPS) is 10.2. The Labute approximate surface area is 145 Å². The van der Waals surface area contributed by atoms with Crippen molar-refractivity contribution in [2.75, 3.05) is 5.32 Å². The highest BCUT2D eigenvalue weighted by molar-refractivity contribution is 9.10. The summed E-state index contributed by atoms with van der Waals surface area (Å²) < 4.78 is 19.9. The van der Waals surface area contributed by atoms with E-state index in [4.69, 9.17) is 4.74 Å². The van der Waals surface area contributed by atoms with E-state index in [1.807, 2.05) is 0 Å². The molecule has 120 valence electrons. The zero-order valence-electron chi connectivity index (χ0n) is 12.2. The van der Waals surface area contributed by atoms with Crippen molar-refractivity contribution in [3.05, 3.63) is 76.9 Å². The number of ether oxygens (including phenoxy) is 1. The largest absolute Gasteiger partial charge is 0.437 e. The Balaban J connectivity index is 1.77. The van der Waals surface area contributed by atoms with Crippen molar-refractivity contribution in [3.8, 4) is 11.6 Å². The molecule has 3 aromatic rings. The van der Waals surface area contributed by atoms with E-state index in [9.17, 15) is 9.18 Å². The number of anilines is 1. The lowest BCUT2D eigenvalue weighted by atomic mass is 10.2. The van der Waals surface area contributed by atoms with E-state index < -0.39 is 11.7 Å². The summed E-state index contributed by atoms with van der Waals surface area (Å²) in [6, 6.07) is 10.9. The summed E-state index contributed by atoms with van der Waals surface area (Å²) >= 11 is 3.22. The molecular formula is C17H11BrFN3O2. The van der Waals surface area contributed by atoms with Crippen molar-refractivity contribution >= 4 is 27.5 Å². The third kappa shape index (κ3) is 3.94. The predicted octanol–water partition coefficient (Wildman–Crippen LogP) is 4.42. The van der Waals surface area contributed by atoms with Crippen molar-refractivity contribution < 1.29 is 13.9 Å². The van der Waals surface area contributed by atoms with Crippen molar-refractivity contribution in [3.63, 3.8) is 0 Å². The van der Waals surface area contributed by atoms with E-state index in [0.717, 1.165) is 0 Å². The van der Waals surface area contributed by atoms with E-state index >= 15 is 0 Å². The van der Waals surface area contributed by atoms with Gasteiger partial charge in [-0.1, -0.05) is 22.0 Å². The Morgan fingerprint density at radius 3 is 2.83 bits per heavy atom. The molecule has 0 aliphatic carbocycles. The van der Waals surface area contributed by atoms with Crippen LogP contribution >= 0.6 is 15.9 Å². The molecular weight excluding hydrogens is 377 g/mol. The van der Waals surface area contributed by atoms with E-state index in [1.165, 1.54) is 36.8 Å². The van der Waals surface area contributed by atoms with Gasteiger partial charge in [0.1, 0.15) is 11.6 Å². The zero-order chi connectivity index (χ0) is 16.9. The van der Waals surface area contributed by atoms with Gasteiger partial charge in [0, 0.05) is 28.6 Å². The summed E-state index contributed by atoms with van der Waals surface area (Å²) in [7, 11) is 0. The second kappa shape index (κ2) is 7.18. The van der Waals surface area contributed by atoms with E-state index in [2.05, 4.69) is 31.2 Å². The second-order valence-electron chi connectivity index (χ2n) is 4.75. The second-order valence-corrected chi connectivity index (χ2v) is 5.67. The van der Waals surface area contributed by atoms with Crippen molar-refractivity contribution in [2.45, 2.75) is 0 Å². The van der Waals surface area contributed by atoms with Gasteiger partial charge in [-0.2, -0.15) is 0 Å². The maximum absolute atomic E-state index is 13.8. The Hall–Kier alpha value is -2.80. The maximum Gasteiger partial charge on any atom is 0.258 e. The van der Waals surface area contributed by atoms with Crippen LogP contribution in [0.1, 0.15) is 10.4 Å². The molecule has 0 radical (unpaired) electrons. The van der Waals surface area contributed by atoms with Crippen LogP contribution < -0.4 is 10.1 Å².